The molecule has 0 radical (unpaired) electrons. The van der Waals surface area contributed by atoms with E-state index in [2.05, 4.69) is 34.6 Å². The summed E-state index contributed by atoms with van der Waals surface area (Å²) >= 11 is 0. The molecule has 0 aliphatic heterocycles. The van der Waals surface area contributed by atoms with Gasteiger partial charge in [-0.25, -0.2) is 0 Å². The molecular formula is C25H50O6. The first kappa shape index (κ1) is 32.0. The molecule has 0 aliphatic carbocycles. The third-order valence-electron chi connectivity index (χ3n) is 4.93. The van der Waals surface area contributed by atoms with Crippen molar-refractivity contribution < 1.29 is 28.9 Å². The van der Waals surface area contributed by atoms with Gasteiger partial charge in [0.25, 0.3) is 0 Å². The smallest absolute Gasteiger partial charge is 0.311 e. The zero-order valence-electron chi connectivity index (χ0n) is 21.7. The van der Waals surface area contributed by atoms with Crippen LogP contribution in [-0.2, 0) is 23.8 Å². The second-order valence-electron chi connectivity index (χ2n) is 10.2. The Kier molecular flexibility index (Phi) is 18.0. The number of unbranched alkanes of at least 4 members (excludes halogenated alkanes) is 2. The number of hydrogen-bond donors (Lipinski definition) is 1. The van der Waals surface area contributed by atoms with Crippen LogP contribution < -0.4 is 0 Å². The molecule has 0 saturated heterocycles. The number of carboxylic acids is 1. The molecule has 0 rings (SSSR count). The Balaban J connectivity index is 0. The molecule has 2 unspecified atom stereocenters. The first-order valence-electron chi connectivity index (χ1n) is 11.9. The van der Waals surface area contributed by atoms with Crippen LogP contribution in [0.4, 0.5) is 0 Å². The van der Waals surface area contributed by atoms with Gasteiger partial charge in [0.1, 0.15) is 0 Å². The Hall–Kier alpha value is -1.14. The fourth-order valence-corrected chi connectivity index (χ4v) is 2.68. The van der Waals surface area contributed by atoms with E-state index >= 15 is 0 Å². The third kappa shape index (κ3) is 17.1. The number of rotatable bonds is 14. The molecule has 0 bridgehead atoms. The second-order valence-corrected chi connectivity index (χ2v) is 10.2. The van der Waals surface area contributed by atoms with E-state index in [1.54, 1.807) is 0 Å². The highest BCUT2D eigenvalue weighted by Gasteiger charge is 2.33. The number of ether oxygens (including phenoxy) is 3. The van der Waals surface area contributed by atoms with E-state index in [0.29, 0.717) is 33.0 Å². The standard InChI is InChI=1S/C15H30O3.C10H20O3/c1-6-8-9-11-18-14(16)13(15(3,4)5)12-17-10-7-2;1-5-6-13-7-8(9(11)12)10(2,3)4/h13H,6-12H2,1-5H3;8H,5-7H2,1-4H3,(H,11,12). The van der Waals surface area contributed by atoms with Crippen LogP contribution in [0, 0.1) is 22.7 Å². The summed E-state index contributed by atoms with van der Waals surface area (Å²) in [6.07, 6.45) is 5.10. The molecule has 0 spiro atoms. The van der Waals surface area contributed by atoms with Crippen molar-refractivity contribution in [1.29, 1.82) is 0 Å². The Morgan fingerprint density at radius 2 is 1.16 bits per heavy atom. The maximum absolute atomic E-state index is 12.0. The molecule has 0 heterocycles. The van der Waals surface area contributed by atoms with E-state index in [1.807, 2.05) is 27.7 Å². The highest BCUT2D eigenvalue weighted by Crippen LogP contribution is 2.28. The zero-order chi connectivity index (χ0) is 24.5. The summed E-state index contributed by atoms with van der Waals surface area (Å²) < 4.78 is 16.1. The number of carboxylic acid groups (broad SMARTS) is 1. The molecule has 2 atom stereocenters. The SMILES string of the molecule is CCCCCOC(=O)C(COCCC)C(C)(C)C.CCCOCC(C(=O)O)C(C)(C)C. The van der Waals surface area contributed by atoms with Crippen molar-refractivity contribution in [3.05, 3.63) is 0 Å². The van der Waals surface area contributed by atoms with Gasteiger partial charge in [0, 0.05) is 13.2 Å². The van der Waals surface area contributed by atoms with E-state index in [0.717, 1.165) is 32.1 Å². The fraction of sp³-hybridized carbons (Fsp3) is 0.920. The summed E-state index contributed by atoms with van der Waals surface area (Å²) in [6.45, 7) is 20.8. The minimum Gasteiger partial charge on any atom is -0.481 e. The van der Waals surface area contributed by atoms with Crippen LogP contribution in [0.25, 0.3) is 0 Å². The molecule has 6 heteroatoms. The number of carbonyl (C=O) groups is 2. The van der Waals surface area contributed by atoms with Crippen LogP contribution in [0.15, 0.2) is 0 Å². The van der Waals surface area contributed by atoms with Crippen LogP contribution in [0.2, 0.25) is 0 Å². The number of esters is 1. The van der Waals surface area contributed by atoms with Gasteiger partial charge in [-0.05, 0) is 30.1 Å². The highest BCUT2D eigenvalue weighted by molar-refractivity contribution is 5.73. The molecule has 0 fully saturated rings. The second kappa shape index (κ2) is 17.4. The molecule has 31 heavy (non-hydrogen) atoms. The normalized spacial score (nSPS) is 13.7. The van der Waals surface area contributed by atoms with E-state index < -0.39 is 11.9 Å². The molecule has 0 aromatic carbocycles. The molecule has 186 valence electrons. The van der Waals surface area contributed by atoms with Gasteiger partial charge in [0.2, 0.25) is 0 Å². The van der Waals surface area contributed by atoms with Gasteiger partial charge < -0.3 is 19.3 Å². The van der Waals surface area contributed by atoms with Gasteiger partial charge in [0.05, 0.1) is 31.7 Å². The highest BCUT2D eigenvalue weighted by atomic mass is 16.5. The predicted octanol–water partition coefficient (Wildman–Crippen LogP) is 5.97. The molecule has 0 amide bonds. The molecule has 0 saturated carbocycles. The molecule has 0 aliphatic rings. The first-order valence-corrected chi connectivity index (χ1v) is 11.9. The summed E-state index contributed by atoms with van der Waals surface area (Å²) in [5.74, 6) is -1.48. The van der Waals surface area contributed by atoms with Crippen molar-refractivity contribution in [1.82, 2.24) is 0 Å². The summed E-state index contributed by atoms with van der Waals surface area (Å²) in [5, 5.41) is 8.93. The fourth-order valence-electron chi connectivity index (χ4n) is 2.68. The third-order valence-corrected chi connectivity index (χ3v) is 4.93. The Morgan fingerprint density at radius 1 is 0.710 bits per heavy atom. The molecular weight excluding hydrogens is 396 g/mol. The lowest BCUT2D eigenvalue weighted by Gasteiger charge is -2.28. The van der Waals surface area contributed by atoms with Crippen molar-refractivity contribution in [2.45, 2.75) is 94.4 Å². The van der Waals surface area contributed by atoms with Crippen LogP contribution >= 0.6 is 0 Å². The maximum atomic E-state index is 12.0. The Morgan fingerprint density at radius 3 is 1.52 bits per heavy atom. The topological polar surface area (TPSA) is 82.1 Å². The van der Waals surface area contributed by atoms with Crippen molar-refractivity contribution in [3.63, 3.8) is 0 Å². The van der Waals surface area contributed by atoms with Crippen molar-refractivity contribution in [2.24, 2.45) is 22.7 Å². The van der Waals surface area contributed by atoms with Gasteiger partial charge >= 0.3 is 11.9 Å². The van der Waals surface area contributed by atoms with Gasteiger partial charge in [0.15, 0.2) is 0 Å². The number of hydrogen-bond acceptors (Lipinski definition) is 5. The average Bonchev–Trinajstić information content (AvgIpc) is 2.64. The van der Waals surface area contributed by atoms with Crippen LogP contribution in [-0.4, -0.2) is 50.1 Å². The van der Waals surface area contributed by atoms with Gasteiger partial charge in [-0.3, -0.25) is 9.59 Å². The van der Waals surface area contributed by atoms with Gasteiger partial charge in [-0.15, -0.1) is 0 Å². The Labute approximate surface area is 191 Å². The minimum absolute atomic E-state index is 0.115. The minimum atomic E-state index is -0.774. The van der Waals surface area contributed by atoms with E-state index in [-0.39, 0.29) is 22.7 Å². The molecule has 0 aromatic heterocycles. The van der Waals surface area contributed by atoms with Crippen LogP contribution in [0.1, 0.15) is 94.4 Å². The quantitative estimate of drug-likeness (QED) is 0.261. The largest absolute Gasteiger partial charge is 0.481 e. The summed E-state index contributed by atoms with van der Waals surface area (Å²) in [7, 11) is 0. The summed E-state index contributed by atoms with van der Waals surface area (Å²) in [6, 6.07) is 0. The van der Waals surface area contributed by atoms with Crippen LogP contribution in [0.5, 0.6) is 0 Å². The molecule has 6 nitrogen and oxygen atoms in total. The van der Waals surface area contributed by atoms with E-state index in [1.165, 1.54) is 0 Å². The van der Waals surface area contributed by atoms with Gasteiger partial charge in [-0.1, -0.05) is 75.2 Å². The molecule has 0 aromatic rings. The van der Waals surface area contributed by atoms with Crippen molar-refractivity contribution in [3.8, 4) is 0 Å². The average molecular weight is 447 g/mol. The lowest BCUT2D eigenvalue weighted by molar-refractivity contribution is -0.155. The Bertz CT molecular complexity index is 462. The van der Waals surface area contributed by atoms with E-state index in [9.17, 15) is 9.59 Å². The first-order chi connectivity index (χ1) is 14.3. The molecule has 1 N–H and O–H groups in total. The zero-order valence-corrected chi connectivity index (χ0v) is 21.7. The number of carbonyl (C=O) groups excluding carboxylic acids is 1. The predicted molar refractivity (Wildman–Crippen MR) is 126 cm³/mol. The van der Waals surface area contributed by atoms with Crippen molar-refractivity contribution in [2.75, 3.05) is 33.0 Å². The lowest BCUT2D eigenvalue weighted by atomic mass is 9.81. The number of aliphatic carboxylic acids is 1. The van der Waals surface area contributed by atoms with E-state index in [4.69, 9.17) is 19.3 Å². The summed E-state index contributed by atoms with van der Waals surface area (Å²) in [5.41, 5.74) is -0.352. The monoisotopic (exact) mass is 446 g/mol. The van der Waals surface area contributed by atoms with Gasteiger partial charge in [-0.2, -0.15) is 0 Å². The van der Waals surface area contributed by atoms with Crippen LogP contribution in [0.3, 0.4) is 0 Å². The lowest BCUT2D eigenvalue weighted by Crippen LogP contribution is -2.34. The maximum Gasteiger partial charge on any atom is 0.311 e. The summed E-state index contributed by atoms with van der Waals surface area (Å²) in [4.78, 5) is 22.9. The van der Waals surface area contributed by atoms with Crippen molar-refractivity contribution >= 4 is 11.9 Å².